The number of hydrogen-bond donors (Lipinski definition) is 3. The molecule has 1 aromatic carbocycles. The smallest absolute Gasteiger partial charge is 0.240 e. The van der Waals surface area contributed by atoms with Crippen molar-refractivity contribution in [1.82, 2.24) is 45.3 Å². The van der Waals surface area contributed by atoms with E-state index in [0.717, 1.165) is 29.6 Å². The molecule has 14 heteroatoms. The number of tetrazole rings is 1. The van der Waals surface area contributed by atoms with E-state index in [0.29, 0.717) is 11.6 Å². The molecule has 0 aliphatic rings. The highest BCUT2D eigenvalue weighted by Crippen LogP contribution is 2.22. The lowest BCUT2D eigenvalue weighted by molar-refractivity contribution is 0.582. The third-order valence-corrected chi connectivity index (χ3v) is 5.89. The van der Waals surface area contributed by atoms with Crippen molar-refractivity contribution in [3.05, 3.63) is 53.6 Å². The summed E-state index contributed by atoms with van der Waals surface area (Å²) in [4.78, 5) is -0.118. The minimum atomic E-state index is -3.88. The molecule has 0 bridgehead atoms. The third kappa shape index (κ3) is 4.60. The molecule has 12 nitrogen and oxygen atoms in total. The van der Waals surface area contributed by atoms with Crippen LogP contribution in [-0.4, -0.2) is 62.1 Å². The van der Waals surface area contributed by atoms with Gasteiger partial charge >= 0.3 is 0 Å². The van der Waals surface area contributed by atoms with Crippen molar-refractivity contribution >= 4 is 15.8 Å². The molecule has 32 heavy (non-hydrogen) atoms. The number of benzene rings is 1. The fraction of sp³-hybridized carbons (Fsp3) is 0.222. The van der Waals surface area contributed by atoms with Crippen LogP contribution in [-0.2, 0) is 10.0 Å². The molecule has 0 aliphatic carbocycles. The van der Waals surface area contributed by atoms with E-state index in [-0.39, 0.29) is 29.4 Å². The van der Waals surface area contributed by atoms with Gasteiger partial charge in [-0.2, -0.15) is 10.3 Å². The van der Waals surface area contributed by atoms with E-state index in [1.54, 1.807) is 16.8 Å². The lowest BCUT2D eigenvalue weighted by Gasteiger charge is -2.09. The zero-order chi connectivity index (χ0) is 22.7. The second-order valence-electron chi connectivity index (χ2n) is 6.82. The summed E-state index contributed by atoms with van der Waals surface area (Å²) in [6.07, 6.45) is 0. The Labute approximate surface area is 182 Å². The SMILES string of the molecule is Cc1cc(C)n(-c2ccc(NCCNS(=O)(=O)c3ccc(F)c(-c4nn[nH]n4)c3)nn2)n1. The molecule has 0 saturated carbocycles. The molecule has 3 N–H and O–H groups in total. The molecule has 3 heterocycles. The molecule has 4 aromatic rings. The van der Waals surface area contributed by atoms with E-state index in [9.17, 15) is 12.8 Å². The van der Waals surface area contributed by atoms with Crippen LogP contribution in [0.3, 0.4) is 0 Å². The monoisotopic (exact) mass is 458 g/mol. The van der Waals surface area contributed by atoms with Gasteiger partial charge in [-0.3, -0.25) is 0 Å². The summed E-state index contributed by atoms with van der Waals surface area (Å²) in [5.41, 5.74) is 1.75. The van der Waals surface area contributed by atoms with Gasteiger partial charge in [0, 0.05) is 18.8 Å². The van der Waals surface area contributed by atoms with Crippen LogP contribution in [0.25, 0.3) is 17.2 Å². The average molecular weight is 458 g/mol. The Morgan fingerprint density at radius 2 is 1.91 bits per heavy atom. The summed E-state index contributed by atoms with van der Waals surface area (Å²) in [5, 5.41) is 28.5. The normalized spacial score (nSPS) is 11.6. The van der Waals surface area contributed by atoms with Gasteiger partial charge in [-0.15, -0.1) is 20.4 Å². The summed E-state index contributed by atoms with van der Waals surface area (Å²) in [7, 11) is -3.88. The second-order valence-corrected chi connectivity index (χ2v) is 8.58. The number of hydrogen-bond acceptors (Lipinski definition) is 9. The number of H-pyrrole nitrogens is 1. The highest BCUT2D eigenvalue weighted by molar-refractivity contribution is 7.89. The highest BCUT2D eigenvalue weighted by atomic mass is 32.2. The maximum Gasteiger partial charge on any atom is 0.240 e. The molecule has 0 atom stereocenters. The fourth-order valence-corrected chi connectivity index (χ4v) is 4.03. The zero-order valence-corrected chi connectivity index (χ0v) is 17.9. The van der Waals surface area contributed by atoms with Gasteiger partial charge in [0.1, 0.15) is 11.6 Å². The van der Waals surface area contributed by atoms with Crippen LogP contribution in [0.1, 0.15) is 11.4 Å². The van der Waals surface area contributed by atoms with Crippen LogP contribution in [0, 0.1) is 19.7 Å². The Balaban J connectivity index is 1.35. The van der Waals surface area contributed by atoms with Gasteiger partial charge < -0.3 is 5.32 Å². The lowest BCUT2D eigenvalue weighted by Crippen LogP contribution is -2.29. The van der Waals surface area contributed by atoms with Crippen LogP contribution in [0.15, 0.2) is 41.3 Å². The molecule has 0 saturated heterocycles. The first-order valence-corrected chi connectivity index (χ1v) is 11.0. The molecule has 0 unspecified atom stereocenters. The molecule has 0 amide bonds. The standard InChI is InChI=1S/C18H19FN10O2S/c1-11-9-12(2)29(26-11)17-6-5-16(22-23-17)20-7-8-21-32(30,31)13-3-4-15(19)14(10-13)18-24-27-28-25-18/h3-6,9-10,21H,7-8H2,1-2H3,(H,20,22)(H,24,25,27,28). The maximum absolute atomic E-state index is 14.0. The Morgan fingerprint density at radius 3 is 2.56 bits per heavy atom. The fourth-order valence-electron chi connectivity index (χ4n) is 2.97. The minimum absolute atomic E-state index is 0.0382. The molecular weight excluding hydrogens is 439 g/mol. The van der Waals surface area contributed by atoms with Crippen molar-refractivity contribution in [1.29, 1.82) is 0 Å². The third-order valence-electron chi connectivity index (χ3n) is 4.43. The number of anilines is 1. The molecular formula is C18H19FN10O2S. The summed E-state index contributed by atoms with van der Waals surface area (Å²) in [6, 6.07) is 8.78. The van der Waals surface area contributed by atoms with E-state index in [4.69, 9.17) is 0 Å². The Morgan fingerprint density at radius 1 is 1.06 bits per heavy atom. The number of aromatic amines is 1. The van der Waals surface area contributed by atoms with E-state index < -0.39 is 15.8 Å². The first kappa shape index (κ1) is 21.5. The van der Waals surface area contributed by atoms with E-state index in [2.05, 4.69) is 46.0 Å². The summed E-state index contributed by atoms with van der Waals surface area (Å²) >= 11 is 0. The molecule has 4 rings (SSSR count). The Bertz CT molecular complexity index is 1320. The Hall–Kier alpha value is -3.78. The number of sulfonamides is 1. The minimum Gasteiger partial charge on any atom is -0.367 e. The molecule has 0 aliphatic heterocycles. The van der Waals surface area contributed by atoms with E-state index >= 15 is 0 Å². The molecule has 0 spiro atoms. The summed E-state index contributed by atoms with van der Waals surface area (Å²) < 4.78 is 43.2. The lowest BCUT2D eigenvalue weighted by atomic mass is 10.2. The van der Waals surface area contributed by atoms with Gasteiger partial charge in [0.15, 0.2) is 5.82 Å². The number of nitrogens with one attached hydrogen (secondary N) is 3. The number of aromatic nitrogens is 8. The van der Waals surface area contributed by atoms with E-state index in [1.807, 2.05) is 19.9 Å². The molecule has 3 aromatic heterocycles. The van der Waals surface area contributed by atoms with Crippen LogP contribution in [0.2, 0.25) is 0 Å². The number of rotatable bonds is 8. The quantitative estimate of drug-likeness (QED) is 0.328. The summed E-state index contributed by atoms with van der Waals surface area (Å²) in [6.45, 7) is 4.14. The first-order valence-electron chi connectivity index (χ1n) is 9.48. The van der Waals surface area contributed by atoms with Crippen LogP contribution in [0.4, 0.5) is 10.2 Å². The maximum atomic E-state index is 14.0. The van der Waals surface area contributed by atoms with Crippen LogP contribution < -0.4 is 10.0 Å². The van der Waals surface area contributed by atoms with Gasteiger partial charge in [0.05, 0.1) is 16.2 Å². The van der Waals surface area contributed by atoms with Crippen LogP contribution >= 0.6 is 0 Å². The average Bonchev–Trinajstić information content (AvgIpc) is 3.41. The molecule has 0 fully saturated rings. The van der Waals surface area contributed by atoms with Crippen molar-refractivity contribution in [2.75, 3.05) is 18.4 Å². The topological polar surface area (TPSA) is 156 Å². The Kier molecular flexibility index (Phi) is 5.87. The molecule has 166 valence electrons. The predicted molar refractivity (Wildman–Crippen MR) is 112 cm³/mol. The van der Waals surface area contributed by atoms with Crippen molar-refractivity contribution in [2.45, 2.75) is 18.7 Å². The van der Waals surface area contributed by atoms with Crippen molar-refractivity contribution in [2.24, 2.45) is 0 Å². The first-order chi connectivity index (χ1) is 15.3. The van der Waals surface area contributed by atoms with Crippen molar-refractivity contribution < 1.29 is 12.8 Å². The summed E-state index contributed by atoms with van der Waals surface area (Å²) in [5.74, 6) is 0.365. The zero-order valence-electron chi connectivity index (χ0n) is 17.1. The van der Waals surface area contributed by atoms with E-state index in [1.165, 1.54) is 0 Å². The van der Waals surface area contributed by atoms with Gasteiger partial charge in [0.2, 0.25) is 15.8 Å². The van der Waals surface area contributed by atoms with Gasteiger partial charge in [0.25, 0.3) is 0 Å². The van der Waals surface area contributed by atoms with Gasteiger partial charge in [-0.1, -0.05) is 0 Å². The van der Waals surface area contributed by atoms with Gasteiger partial charge in [-0.25, -0.2) is 22.2 Å². The van der Waals surface area contributed by atoms with Crippen LogP contribution in [0.5, 0.6) is 0 Å². The van der Waals surface area contributed by atoms with Gasteiger partial charge in [-0.05, 0) is 55.5 Å². The number of nitrogens with zero attached hydrogens (tertiary/aromatic N) is 7. The number of halogens is 1. The highest BCUT2D eigenvalue weighted by Gasteiger charge is 2.18. The largest absolute Gasteiger partial charge is 0.367 e. The van der Waals surface area contributed by atoms with Crippen molar-refractivity contribution in [3.63, 3.8) is 0 Å². The predicted octanol–water partition coefficient (Wildman–Crippen LogP) is 0.989. The number of aryl methyl sites for hydroxylation is 2. The second kappa shape index (κ2) is 8.76. The molecule has 0 radical (unpaired) electrons. The van der Waals surface area contributed by atoms with Crippen molar-refractivity contribution in [3.8, 4) is 17.2 Å².